The lowest BCUT2D eigenvalue weighted by atomic mass is 10.1. The average molecular weight is 188 g/mol. The van der Waals surface area contributed by atoms with Crippen molar-refractivity contribution in [1.82, 2.24) is 4.98 Å². The molecule has 0 aliphatic carbocycles. The van der Waals surface area contributed by atoms with Crippen LogP contribution in [0.5, 0.6) is 0 Å². The van der Waals surface area contributed by atoms with Gasteiger partial charge in [0.1, 0.15) is 0 Å². The molecule has 0 bridgehead atoms. The summed E-state index contributed by atoms with van der Waals surface area (Å²) in [5.74, 6) is -0.0261. The number of aromatic amines is 1. The van der Waals surface area contributed by atoms with Gasteiger partial charge in [-0.15, -0.1) is 0 Å². The summed E-state index contributed by atoms with van der Waals surface area (Å²) in [6.45, 7) is 2.06. The first-order valence-corrected chi connectivity index (χ1v) is 4.53. The van der Waals surface area contributed by atoms with Gasteiger partial charge in [-0.3, -0.25) is 4.79 Å². The molecule has 0 fully saturated rings. The van der Waals surface area contributed by atoms with Crippen LogP contribution in [-0.2, 0) is 0 Å². The maximum atomic E-state index is 11.5. The monoisotopic (exact) mass is 188 g/mol. The van der Waals surface area contributed by atoms with Gasteiger partial charge in [-0.05, 0) is 19.1 Å². The lowest BCUT2D eigenvalue weighted by molar-refractivity contribution is 0.100. The second kappa shape index (κ2) is 3.27. The van der Waals surface area contributed by atoms with Crippen molar-refractivity contribution < 1.29 is 4.79 Å². The van der Waals surface area contributed by atoms with E-state index in [4.69, 9.17) is 5.73 Å². The van der Waals surface area contributed by atoms with Gasteiger partial charge < -0.3 is 10.7 Å². The van der Waals surface area contributed by atoms with E-state index in [1.807, 2.05) is 25.1 Å². The summed E-state index contributed by atoms with van der Waals surface area (Å²) in [6, 6.07) is 5.97. The highest BCUT2D eigenvalue weighted by Gasteiger charge is 2.09. The summed E-state index contributed by atoms with van der Waals surface area (Å²) >= 11 is 0. The maximum absolute atomic E-state index is 11.5. The van der Waals surface area contributed by atoms with E-state index in [0.717, 1.165) is 16.5 Å². The Morgan fingerprint density at radius 2 is 2.29 bits per heavy atom. The number of hydrogen-bond acceptors (Lipinski definition) is 2. The standard InChI is InChI=1S/C11H12N2O/c1-7-2-3-10-8(4-7)9(6-13-10)11(14)5-12/h2-4,6,13H,5,12H2,1H3. The quantitative estimate of drug-likeness (QED) is 0.703. The van der Waals surface area contributed by atoms with E-state index in [9.17, 15) is 4.79 Å². The van der Waals surface area contributed by atoms with Crippen LogP contribution in [0.1, 0.15) is 15.9 Å². The average Bonchev–Trinajstić information content (AvgIpc) is 2.59. The molecule has 0 unspecified atom stereocenters. The van der Waals surface area contributed by atoms with E-state index < -0.39 is 0 Å². The minimum absolute atomic E-state index is 0.0261. The molecule has 0 radical (unpaired) electrons. The molecule has 2 aromatic rings. The number of carbonyl (C=O) groups is 1. The SMILES string of the molecule is Cc1ccc2[nH]cc(C(=O)CN)c2c1. The number of H-pyrrole nitrogens is 1. The zero-order valence-electron chi connectivity index (χ0n) is 8.00. The van der Waals surface area contributed by atoms with Gasteiger partial charge in [0, 0.05) is 22.7 Å². The van der Waals surface area contributed by atoms with Crippen LogP contribution in [0, 0.1) is 6.92 Å². The van der Waals surface area contributed by atoms with Crippen molar-refractivity contribution in [2.75, 3.05) is 6.54 Å². The molecular weight excluding hydrogens is 176 g/mol. The molecule has 3 heteroatoms. The van der Waals surface area contributed by atoms with E-state index in [2.05, 4.69) is 4.98 Å². The Bertz CT molecular complexity index is 485. The second-order valence-corrected chi connectivity index (χ2v) is 3.38. The van der Waals surface area contributed by atoms with Crippen LogP contribution in [-0.4, -0.2) is 17.3 Å². The van der Waals surface area contributed by atoms with Crippen molar-refractivity contribution in [2.24, 2.45) is 5.73 Å². The van der Waals surface area contributed by atoms with Gasteiger partial charge in [-0.25, -0.2) is 0 Å². The van der Waals surface area contributed by atoms with Crippen LogP contribution in [0.4, 0.5) is 0 Å². The molecule has 72 valence electrons. The third kappa shape index (κ3) is 1.32. The molecule has 3 N–H and O–H groups in total. The molecule has 1 heterocycles. The molecule has 0 amide bonds. The molecular formula is C11H12N2O. The number of hydrogen-bond donors (Lipinski definition) is 2. The summed E-state index contributed by atoms with van der Waals surface area (Å²) in [6.07, 6.45) is 1.72. The van der Waals surface area contributed by atoms with Gasteiger partial charge in [0.15, 0.2) is 5.78 Å². The summed E-state index contributed by atoms with van der Waals surface area (Å²) in [4.78, 5) is 14.5. The molecule has 0 saturated heterocycles. The molecule has 0 aliphatic heterocycles. The minimum atomic E-state index is -0.0261. The number of ketones is 1. The molecule has 0 atom stereocenters. The first kappa shape index (κ1) is 8.97. The van der Waals surface area contributed by atoms with E-state index in [-0.39, 0.29) is 12.3 Å². The Hall–Kier alpha value is -1.61. The van der Waals surface area contributed by atoms with Gasteiger partial charge in [0.25, 0.3) is 0 Å². The number of aromatic nitrogens is 1. The molecule has 0 aliphatic rings. The van der Waals surface area contributed by atoms with E-state index >= 15 is 0 Å². The van der Waals surface area contributed by atoms with Gasteiger partial charge in [-0.1, -0.05) is 11.6 Å². The summed E-state index contributed by atoms with van der Waals surface area (Å²) < 4.78 is 0. The van der Waals surface area contributed by atoms with Gasteiger partial charge in [0.2, 0.25) is 0 Å². The number of Topliss-reactive ketones (excluding diaryl/α,β-unsaturated/α-hetero) is 1. The van der Waals surface area contributed by atoms with Crippen molar-refractivity contribution in [1.29, 1.82) is 0 Å². The lowest BCUT2D eigenvalue weighted by Gasteiger charge is -1.96. The van der Waals surface area contributed by atoms with Crippen LogP contribution in [0.15, 0.2) is 24.4 Å². The van der Waals surface area contributed by atoms with Crippen molar-refractivity contribution in [3.05, 3.63) is 35.5 Å². The largest absolute Gasteiger partial charge is 0.360 e. The Kier molecular flexibility index (Phi) is 2.09. The molecule has 0 spiro atoms. The Morgan fingerprint density at radius 3 is 3.00 bits per heavy atom. The van der Waals surface area contributed by atoms with Crippen LogP contribution in [0.25, 0.3) is 10.9 Å². The summed E-state index contributed by atoms with van der Waals surface area (Å²) in [5.41, 5.74) is 8.14. The normalized spacial score (nSPS) is 10.7. The highest BCUT2D eigenvalue weighted by molar-refractivity contribution is 6.08. The zero-order chi connectivity index (χ0) is 10.1. The first-order chi connectivity index (χ1) is 6.72. The van der Waals surface area contributed by atoms with E-state index in [0.29, 0.717) is 5.56 Å². The zero-order valence-corrected chi connectivity index (χ0v) is 8.00. The third-order valence-corrected chi connectivity index (χ3v) is 2.32. The fraction of sp³-hybridized carbons (Fsp3) is 0.182. The molecule has 2 rings (SSSR count). The van der Waals surface area contributed by atoms with Crippen LogP contribution in [0.3, 0.4) is 0 Å². The number of benzene rings is 1. The molecule has 3 nitrogen and oxygen atoms in total. The van der Waals surface area contributed by atoms with E-state index in [1.165, 1.54) is 0 Å². The fourth-order valence-corrected chi connectivity index (χ4v) is 1.58. The molecule has 1 aromatic carbocycles. The highest BCUT2D eigenvalue weighted by Crippen LogP contribution is 2.19. The third-order valence-electron chi connectivity index (χ3n) is 2.32. The molecule has 1 aromatic heterocycles. The summed E-state index contributed by atoms with van der Waals surface area (Å²) in [5, 5.41) is 0.959. The minimum Gasteiger partial charge on any atom is -0.360 e. The predicted octanol–water partition coefficient (Wildman–Crippen LogP) is 1.62. The van der Waals surface area contributed by atoms with Crippen molar-refractivity contribution >= 4 is 16.7 Å². The Balaban J connectivity index is 2.67. The number of fused-ring (bicyclic) bond motifs is 1. The maximum Gasteiger partial charge on any atom is 0.178 e. The highest BCUT2D eigenvalue weighted by atomic mass is 16.1. The van der Waals surface area contributed by atoms with Crippen LogP contribution < -0.4 is 5.73 Å². The number of carbonyl (C=O) groups excluding carboxylic acids is 1. The summed E-state index contributed by atoms with van der Waals surface area (Å²) in [7, 11) is 0. The van der Waals surface area contributed by atoms with Crippen LogP contribution >= 0.6 is 0 Å². The van der Waals surface area contributed by atoms with Crippen molar-refractivity contribution in [2.45, 2.75) is 6.92 Å². The number of nitrogens with one attached hydrogen (secondary N) is 1. The topological polar surface area (TPSA) is 58.9 Å². The Labute approximate surface area is 81.9 Å². The number of rotatable bonds is 2. The van der Waals surface area contributed by atoms with Crippen molar-refractivity contribution in [3.8, 4) is 0 Å². The molecule has 14 heavy (non-hydrogen) atoms. The Morgan fingerprint density at radius 1 is 1.50 bits per heavy atom. The smallest absolute Gasteiger partial charge is 0.178 e. The fourth-order valence-electron chi connectivity index (χ4n) is 1.58. The molecule has 0 saturated carbocycles. The first-order valence-electron chi connectivity index (χ1n) is 4.53. The van der Waals surface area contributed by atoms with Gasteiger partial charge in [0.05, 0.1) is 6.54 Å². The van der Waals surface area contributed by atoms with Crippen LogP contribution in [0.2, 0.25) is 0 Å². The number of nitrogens with two attached hydrogens (primary N) is 1. The predicted molar refractivity (Wildman–Crippen MR) is 56.4 cm³/mol. The number of aryl methyl sites for hydroxylation is 1. The van der Waals surface area contributed by atoms with Gasteiger partial charge in [-0.2, -0.15) is 0 Å². The van der Waals surface area contributed by atoms with Gasteiger partial charge >= 0.3 is 0 Å². The lowest BCUT2D eigenvalue weighted by Crippen LogP contribution is -2.12. The van der Waals surface area contributed by atoms with Crippen molar-refractivity contribution in [3.63, 3.8) is 0 Å². The van der Waals surface area contributed by atoms with E-state index in [1.54, 1.807) is 6.20 Å². The second-order valence-electron chi connectivity index (χ2n) is 3.38.